The van der Waals surface area contributed by atoms with Gasteiger partial charge in [-0.1, -0.05) is 30.5 Å². The van der Waals surface area contributed by atoms with Crippen molar-refractivity contribution >= 4 is 35.8 Å². The fourth-order valence-corrected chi connectivity index (χ4v) is 3.64. The fourth-order valence-electron chi connectivity index (χ4n) is 3.45. The SMILES string of the molecule is Cl.NC1(C(=O)N2CCN(C(=O)c3cccc(Cl)c3)CC2)CCCC1. The minimum absolute atomic E-state index is 0. The lowest BCUT2D eigenvalue weighted by molar-refractivity contribution is -0.138. The lowest BCUT2D eigenvalue weighted by Gasteiger charge is -2.38. The summed E-state index contributed by atoms with van der Waals surface area (Å²) in [7, 11) is 0. The van der Waals surface area contributed by atoms with Gasteiger partial charge in [-0.2, -0.15) is 0 Å². The van der Waals surface area contributed by atoms with Crippen molar-refractivity contribution in [3.63, 3.8) is 0 Å². The molecule has 2 aliphatic rings. The van der Waals surface area contributed by atoms with E-state index in [0.29, 0.717) is 36.8 Å². The molecule has 2 N–H and O–H groups in total. The summed E-state index contributed by atoms with van der Waals surface area (Å²) >= 11 is 5.94. The highest BCUT2D eigenvalue weighted by molar-refractivity contribution is 6.30. The standard InChI is InChI=1S/C17H22ClN3O2.ClH/c18-14-5-3-4-13(12-14)15(22)20-8-10-21(11-9-20)16(23)17(19)6-1-2-7-17;/h3-5,12H,1-2,6-11,19H2;1H. The van der Waals surface area contributed by atoms with Crippen LogP contribution in [0.15, 0.2) is 24.3 Å². The number of hydrogen-bond acceptors (Lipinski definition) is 3. The zero-order valence-electron chi connectivity index (χ0n) is 13.5. The highest BCUT2D eigenvalue weighted by atomic mass is 35.5. The third-order valence-corrected chi connectivity index (χ3v) is 5.08. The Hall–Kier alpha value is -1.30. The predicted octanol–water partition coefficient (Wildman–Crippen LogP) is 2.32. The van der Waals surface area contributed by atoms with E-state index < -0.39 is 5.54 Å². The highest BCUT2D eigenvalue weighted by Gasteiger charge is 2.40. The van der Waals surface area contributed by atoms with Gasteiger partial charge in [0.05, 0.1) is 5.54 Å². The van der Waals surface area contributed by atoms with Crippen LogP contribution in [0.3, 0.4) is 0 Å². The van der Waals surface area contributed by atoms with Crippen molar-refractivity contribution in [2.75, 3.05) is 26.2 Å². The molecule has 3 rings (SSSR count). The molecule has 1 saturated heterocycles. The van der Waals surface area contributed by atoms with Gasteiger partial charge < -0.3 is 15.5 Å². The highest BCUT2D eigenvalue weighted by Crippen LogP contribution is 2.29. The van der Waals surface area contributed by atoms with Gasteiger partial charge in [-0.25, -0.2) is 0 Å². The molecule has 1 saturated carbocycles. The van der Waals surface area contributed by atoms with Crippen LogP contribution in [0.2, 0.25) is 5.02 Å². The molecule has 0 radical (unpaired) electrons. The molecular weight excluding hydrogens is 349 g/mol. The molecule has 1 aliphatic carbocycles. The van der Waals surface area contributed by atoms with Crippen LogP contribution in [0, 0.1) is 0 Å². The molecule has 0 atom stereocenters. The first-order valence-corrected chi connectivity index (χ1v) is 8.50. The van der Waals surface area contributed by atoms with E-state index in [1.165, 1.54) is 0 Å². The van der Waals surface area contributed by atoms with Crippen LogP contribution in [-0.4, -0.2) is 53.3 Å². The molecule has 1 aliphatic heterocycles. The second-order valence-electron chi connectivity index (χ2n) is 6.46. The third-order valence-electron chi connectivity index (χ3n) is 4.85. The maximum atomic E-state index is 12.6. The second kappa shape index (κ2) is 7.72. The van der Waals surface area contributed by atoms with Gasteiger partial charge in [-0.15, -0.1) is 12.4 Å². The van der Waals surface area contributed by atoms with Crippen LogP contribution in [0.25, 0.3) is 0 Å². The van der Waals surface area contributed by atoms with Crippen molar-refractivity contribution in [1.29, 1.82) is 0 Å². The molecule has 2 amide bonds. The van der Waals surface area contributed by atoms with E-state index in [4.69, 9.17) is 17.3 Å². The first-order valence-electron chi connectivity index (χ1n) is 8.13. The molecule has 132 valence electrons. The number of rotatable bonds is 2. The zero-order valence-corrected chi connectivity index (χ0v) is 15.1. The number of nitrogens with two attached hydrogens (primary N) is 1. The maximum absolute atomic E-state index is 12.6. The van der Waals surface area contributed by atoms with E-state index in [1.807, 2.05) is 4.90 Å². The first-order chi connectivity index (χ1) is 11.0. The summed E-state index contributed by atoms with van der Waals surface area (Å²) in [6.45, 7) is 2.16. The van der Waals surface area contributed by atoms with Gasteiger partial charge in [-0.3, -0.25) is 9.59 Å². The van der Waals surface area contributed by atoms with Crippen molar-refractivity contribution in [3.05, 3.63) is 34.9 Å². The second-order valence-corrected chi connectivity index (χ2v) is 6.89. The van der Waals surface area contributed by atoms with Crippen LogP contribution < -0.4 is 5.73 Å². The predicted molar refractivity (Wildman–Crippen MR) is 96.6 cm³/mol. The lowest BCUT2D eigenvalue weighted by Crippen LogP contribution is -2.59. The van der Waals surface area contributed by atoms with Gasteiger partial charge in [0.2, 0.25) is 5.91 Å². The van der Waals surface area contributed by atoms with Crippen molar-refractivity contribution in [3.8, 4) is 0 Å². The quantitative estimate of drug-likeness (QED) is 0.867. The maximum Gasteiger partial charge on any atom is 0.254 e. The minimum atomic E-state index is -0.681. The van der Waals surface area contributed by atoms with E-state index in [0.717, 1.165) is 25.7 Å². The molecule has 5 nitrogen and oxygen atoms in total. The Balaban J connectivity index is 0.00000208. The van der Waals surface area contributed by atoms with Crippen LogP contribution >= 0.6 is 24.0 Å². The van der Waals surface area contributed by atoms with Gasteiger partial charge in [0.1, 0.15) is 0 Å². The number of benzene rings is 1. The summed E-state index contributed by atoms with van der Waals surface area (Å²) in [6, 6.07) is 6.96. The average Bonchev–Trinajstić information content (AvgIpc) is 3.01. The minimum Gasteiger partial charge on any atom is -0.338 e. The topological polar surface area (TPSA) is 66.6 Å². The molecule has 2 fully saturated rings. The van der Waals surface area contributed by atoms with Gasteiger partial charge in [0.15, 0.2) is 0 Å². The molecule has 1 aromatic carbocycles. The van der Waals surface area contributed by atoms with Crippen LogP contribution in [-0.2, 0) is 4.79 Å². The molecule has 24 heavy (non-hydrogen) atoms. The zero-order chi connectivity index (χ0) is 16.4. The van der Waals surface area contributed by atoms with Gasteiger partial charge in [0, 0.05) is 36.8 Å². The molecule has 0 unspecified atom stereocenters. The van der Waals surface area contributed by atoms with Crippen molar-refractivity contribution in [2.45, 2.75) is 31.2 Å². The van der Waals surface area contributed by atoms with E-state index in [2.05, 4.69) is 0 Å². The van der Waals surface area contributed by atoms with Crippen molar-refractivity contribution in [1.82, 2.24) is 9.80 Å². The number of halogens is 2. The van der Waals surface area contributed by atoms with Crippen LogP contribution in [0.1, 0.15) is 36.0 Å². The third kappa shape index (κ3) is 3.85. The molecule has 0 bridgehead atoms. The number of piperazine rings is 1. The summed E-state index contributed by atoms with van der Waals surface area (Å²) in [6.07, 6.45) is 3.59. The number of carbonyl (C=O) groups excluding carboxylic acids is 2. The number of carbonyl (C=O) groups is 2. The van der Waals surface area contributed by atoms with Crippen LogP contribution in [0.5, 0.6) is 0 Å². The molecule has 0 aromatic heterocycles. The largest absolute Gasteiger partial charge is 0.338 e. The Morgan fingerprint density at radius 1 is 1.04 bits per heavy atom. The molecule has 1 heterocycles. The van der Waals surface area contributed by atoms with E-state index >= 15 is 0 Å². The van der Waals surface area contributed by atoms with Crippen LogP contribution in [0.4, 0.5) is 0 Å². The normalized spacial score (nSPS) is 19.8. The monoisotopic (exact) mass is 371 g/mol. The van der Waals surface area contributed by atoms with E-state index in [-0.39, 0.29) is 24.2 Å². The Labute approximate surface area is 153 Å². The van der Waals surface area contributed by atoms with Crippen molar-refractivity contribution < 1.29 is 9.59 Å². The average molecular weight is 372 g/mol. The molecule has 0 spiro atoms. The summed E-state index contributed by atoms with van der Waals surface area (Å²) in [5, 5.41) is 0.552. The summed E-state index contributed by atoms with van der Waals surface area (Å²) < 4.78 is 0. The lowest BCUT2D eigenvalue weighted by atomic mass is 9.97. The number of hydrogen-bond donors (Lipinski definition) is 1. The number of nitrogens with zero attached hydrogens (tertiary/aromatic N) is 2. The molecule has 7 heteroatoms. The fraction of sp³-hybridized carbons (Fsp3) is 0.529. The Morgan fingerprint density at radius 3 is 2.21 bits per heavy atom. The van der Waals surface area contributed by atoms with E-state index in [9.17, 15) is 9.59 Å². The smallest absolute Gasteiger partial charge is 0.254 e. The Bertz CT molecular complexity index is 610. The summed E-state index contributed by atoms with van der Waals surface area (Å²) in [4.78, 5) is 28.7. The summed E-state index contributed by atoms with van der Waals surface area (Å²) in [5.74, 6) is 0.00721. The van der Waals surface area contributed by atoms with Gasteiger partial charge in [0.25, 0.3) is 5.91 Å². The van der Waals surface area contributed by atoms with Gasteiger partial charge in [-0.05, 0) is 31.0 Å². The van der Waals surface area contributed by atoms with E-state index in [1.54, 1.807) is 29.2 Å². The Morgan fingerprint density at radius 2 is 1.62 bits per heavy atom. The van der Waals surface area contributed by atoms with Gasteiger partial charge >= 0.3 is 0 Å². The summed E-state index contributed by atoms with van der Waals surface area (Å²) in [5.41, 5.74) is 6.15. The van der Waals surface area contributed by atoms with Crippen molar-refractivity contribution in [2.24, 2.45) is 5.73 Å². The number of amides is 2. The Kier molecular flexibility index (Phi) is 6.12. The molecular formula is C17H23Cl2N3O2. The first kappa shape index (κ1) is 19.0. The molecule has 1 aromatic rings.